The van der Waals surface area contributed by atoms with E-state index in [0.29, 0.717) is 0 Å². The third-order valence-electron chi connectivity index (χ3n) is 1.93. The van der Waals surface area contributed by atoms with Crippen LogP contribution in [0, 0.1) is 0 Å². The van der Waals surface area contributed by atoms with Gasteiger partial charge in [0, 0.05) is 6.54 Å². The van der Waals surface area contributed by atoms with Crippen molar-refractivity contribution in [1.29, 1.82) is 0 Å². The van der Waals surface area contributed by atoms with E-state index in [1.807, 2.05) is 0 Å². The molecule has 78 valence electrons. The largest absolute Gasteiger partial charge is 0.502 e. The fourth-order valence-electron chi connectivity index (χ4n) is 1.42. The second-order valence-electron chi connectivity index (χ2n) is 3.23. The summed E-state index contributed by atoms with van der Waals surface area (Å²) in [6.07, 6.45) is 5.10. The van der Waals surface area contributed by atoms with Crippen LogP contribution in [0.4, 0.5) is 0 Å². The minimum Gasteiger partial charge on any atom is -0.502 e. The maximum Gasteiger partial charge on any atom is 0.0885 e. The molecule has 0 unspecified atom stereocenters. The van der Waals surface area contributed by atoms with Gasteiger partial charge in [0.1, 0.15) is 0 Å². The normalized spacial score (nSPS) is 10.4. The lowest BCUT2D eigenvalue weighted by Gasteiger charge is -2.20. The van der Waals surface area contributed by atoms with Crippen LogP contribution in [0.2, 0.25) is 0 Å². The van der Waals surface area contributed by atoms with E-state index < -0.39 is 0 Å². The molecular formula is C11H23NO. The molecule has 0 amide bonds. The summed E-state index contributed by atoms with van der Waals surface area (Å²) < 4.78 is 5.08. The Kier molecular flexibility index (Phi) is 9.22. The van der Waals surface area contributed by atoms with Crippen LogP contribution in [-0.4, -0.2) is 31.1 Å². The third kappa shape index (κ3) is 7.85. The molecule has 0 radical (unpaired) electrons. The van der Waals surface area contributed by atoms with E-state index in [1.165, 1.54) is 32.2 Å². The highest BCUT2D eigenvalue weighted by molar-refractivity contribution is 4.57. The Balaban J connectivity index is 3.37. The number of rotatable bonds is 9. The van der Waals surface area contributed by atoms with Gasteiger partial charge in [0.2, 0.25) is 0 Å². The molecule has 0 aliphatic rings. The quantitative estimate of drug-likeness (QED) is 0.404. The van der Waals surface area contributed by atoms with E-state index in [-0.39, 0.29) is 0 Å². The van der Waals surface area contributed by atoms with E-state index in [2.05, 4.69) is 25.3 Å². The molecule has 0 atom stereocenters. The molecule has 13 heavy (non-hydrogen) atoms. The second-order valence-corrected chi connectivity index (χ2v) is 3.23. The summed E-state index contributed by atoms with van der Waals surface area (Å²) in [5.74, 6) is 0. The summed E-state index contributed by atoms with van der Waals surface area (Å²) in [4.78, 5) is 2.49. The highest BCUT2D eigenvalue weighted by Crippen LogP contribution is 1.96. The van der Waals surface area contributed by atoms with Gasteiger partial charge in [0.05, 0.1) is 12.9 Å². The van der Waals surface area contributed by atoms with Crippen molar-refractivity contribution < 1.29 is 4.74 Å². The first-order valence-electron chi connectivity index (χ1n) is 5.30. The second kappa shape index (κ2) is 9.59. The van der Waals surface area contributed by atoms with Crippen molar-refractivity contribution in [3.8, 4) is 0 Å². The first-order valence-corrected chi connectivity index (χ1v) is 5.30. The number of hydrogen-bond donors (Lipinski definition) is 0. The molecule has 0 aliphatic heterocycles. The topological polar surface area (TPSA) is 12.5 Å². The molecule has 0 rings (SSSR count). The fourth-order valence-corrected chi connectivity index (χ4v) is 1.42. The summed E-state index contributed by atoms with van der Waals surface area (Å²) in [6, 6.07) is 0. The standard InChI is InChI=1S/C11H23NO/c1-4-8-12(9-5-2)10-7-11-13-6-3/h6H,3-5,7-11H2,1-2H3. The molecule has 0 N–H and O–H groups in total. The SMILES string of the molecule is C=COCCCN(CCC)CCC. The highest BCUT2D eigenvalue weighted by atomic mass is 16.5. The van der Waals surface area contributed by atoms with Crippen LogP contribution in [0.5, 0.6) is 0 Å². The molecule has 0 spiro atoms. The van der Waals surface area contributed by atoms with Crippen molar-refractivity contribution in [2.45, 2.75) is 33.1 Å². The van der Waals surface area contributed by atoms with Gasteiger partial charge in [0.25, 0.3) is 0 Å². The van der Waals surface area contributed by atoms with Crippen molar-refractivity contribution in [2.24, 2.45) is 0 Å². The zero-order chi connectivity index (χ0) is 9.94. The lowest BCUT2D eigenvalue weighted by atomic mass is 10.3. The minimum atomic E-state index is 0.799. The van der Waals surface area contributed by atoms with Crippen molar-refractivity contribution in [3.05, 3.63) is 12.8 Å². The average molecular weight is 185 g/mol. The van der Waals surface area contributed by atoms with Gasteiger partial charge in [-0.05, 0) is 32.4 Å². The van der Waals surface area contributed by atoms with E-state index in [4.69, 9.17) is 4.74 Å². The molecule has 0 aromatic heterocycles. The molecule has 0 aromatic rings. The van der Waals surface area contributed by atoms with Crippen LogP contribution in [0.1, 0.15) is 33.1 Å². The lowest BCUT2D eigenvalue weighted by Crippen LogP contribution is -2.27. The maximum atomic E-state index is 5.08. The van der Waals surface area contributed by atoms with Gasteiger partial charge in [-0.15, -0.1) is 0 Å². The van der Waals surface area contributed by atoms with Crippen LogP contribution >= 0.6 is 0 Å². The van der Waals surface area contributed by atoms with Crippen molar-refractivity contribution in [2.75, 3.05) is 26.2 Å². The van der Waals surface area contributed by atoms with Gasteiger partial charge in [0.15, 0.2) is 0 Å². The Labute approximate surface area is 82.6 Å². The van der Waals surface area contributed by atoms with Gasteiger partial charge in [-0.1, -0.05) is 20.4 Å². The van der Waals surface area contributed by atoms with Crippen molar-refractivity contribution >= 4 is 0 Å². The van der Waals surface area contributed by atoms with Gasteiger partial charge in [-0.2, -0.15) is 0 Å². The smallest absolute Gasteiger partial charge is 0.0885 e. The van der Waals surface area contributed by atoms with Crippen LogP contribution in [0.15, 0.2) is 12.8 Å². The molecule has 2 nitrogen and oxygen atoms in total. The van der Waals surface area contributed by atoms with Gasteiger partial charge in [-0.25, -0.2) is 0 Å². The summed E-state index contributed by atoms with van der Waals surface area (Å²) >= 11 is 0. The minimum absolute atomic E-state index is 0.799. The molecule has 0 aromatic carbocycles. The van der Waals surface area contributed by atoms with Crippen LogP contribution in [0.3, 0.4) is 0 Å². The number of hydrogen-bond acceptors (Lipinski definition) is 2. The summed E-state index contributed by atoms with van der Waals surface area (Å²) in [6.45, 7) is 12.3. The van der Waals surface area contributed by atoms with Crippen molar-refractivity contribution in [3.63, 3.8) is 0 Å². The Bertz CT molecular complexity index is 109. The summed E-state index contributed by atoms with van der Waals surface area (Å²) in [7, 11) is 0. The van der Waals surface area contributed by atoms with Gasteiger partial charge < -0.3 is 9.64 Å². The average Bonchev–Trinajstić information content (AvgIpc) is 2.13. The van der Waals surface area contributed by atoms with E-state index in [9.17, 15) is 0 Å². The monoisotopic (exact) mass is 185 g/mol. The predicted molar refractivity (Wildman–Crippen MR) is 57.8 cm³/mol. The summed E-state index contributed by atoms with van der Waals surface area (Å²) in [5.41, 5.74) is 0. The molecular weight excluding hydrogens is 162 g/mol. The van der Waals surface area contributed by atoms with Crippen LogP contribution in [0.25, 0.3) is 0 Å². The Morgan fingerprint density at radius 2 is 1.77 bits per heavy atom. The van der Waals surface area contributed by atoms with E-state index >= 15 is 0 Å². The molecule has 0 fully saturated rings. The van der Waals surface area contributed by atoms with Crippen LogP contribution in [-0.2, 0) is 4.74 Å². The first-order chi connectivity index (χ1) is 6.35. The van der Waals surface area contributed by atoms with E-state index in [1.54, 1.807) is 0 Å². The maximum absolute atomic E-state index is 5.08. The van der Waals surface area contributed by atoms with Gasteiger partial charge in [-0.3, -0.25) is 0 Å². The predicted octanol–water partition coefficient (Wildman–Crippen LogP) is 2.66. The van der Waals surface area contributed by atoms with Crippen molar-refractivity contribution in [1.82, 2.24) is 4.90 Å². The molecule has 0 aliphatic carbocycles. The molecule has 0 heterocycles. The van der Waals surface area contributed by atoms with E-state index in [0.717, 1.165) is 19.6 Å². The van der Waals surface area contributed by atoms with Gasteiger partial charge >= 0.3 is 0 Å². The fraction of sp³-hybridized carbons (Fsp3) is 0.818. The van der Waals surface area contributed by atoms with Crippen LogP contribution < -0.4 is 0 Å². The zero-order valence-corrected chi connectivity index (χ0v) is 9.09. The first kappa shape index (κ1) is 12.5. The Morgan fingerprint density at radius 1 is 1.15 bits per heavy atom. The Hall–Kier alpha value is -0.500. The number of nitrogens with zero attached hydrogens (tertiary/aromatic N) is 1. The highest BCUT2D eigenvalue weighted by Gasteiger charge is 2.00. The summed E-state index contributed by atoms with van der Waals surface area (Å²) in [5, 5.41) is 0. The number of ether oxygens (including phenoxy) is 1. The third-order valence-corrected chi connectivity index (χ3v) is 1.93. The molecule has 0 saturated heterocycles. The zero-order valence-electron chi connectivity index (χ0n) is 9.09. The molecule has 0 bridgehead atoms. The Morgan fingerprint density at radius 3 is 2.23 bits per heavy atom. The molecule has 0 saturated carbocycles. The lowest BCUT2D eigenvalue weighted by molar-refractivity contribution is 0.205. The molecule has 2 heteroatoms.